The number of aliphatic hydroxyl groups is 1. The summed E-state index contributed by atoms with van der Waals surface area (Å²) in [6, 6.07) is 3.43. The first-order chi connectivity index (χ1) is 15.3. The minimum atomic E-state index is -0.565. The molecule has 32 heavy (non-hydrogen) atoms. The van der Waals surface area contributed by atoms with Crippen LogP contribution in [0.3, 0.4) is 0 Å². The lowest BCUT2D eigenvalue weighted by molar-refractivity contribution is -0.126. The molecule has 2 aliphatic heterocycles. The second-order valence-electron chi connectivity index (χ2n) is 8.35. The number of nitrogens with one attached hydrogen (secondary N) is 1. The maximum Gasteiger partial charge on any atom is 0.410 e. The highest BCUT2D eigenvalue weighted by atomic mass is 19.1. The predicted molar refractivity (Wildman–Crippen MR) is 114 cm³/mol. The van der Waals surface area contributed by atoms with Gasteiger partial charge in [0.05, 0.1) is 12.6 Å². The van der Waals surface area contributed by atoms with Crippen molar-refractivity contribution in [3.8, 4) is 0 Å². The Morgan fingerprint density at radius 3 is 2.56 bits per heavy atom. The molecule has 0 bridgehead atoms. The molecule has 4 N–H and O–H groups in total. The van der Waals surface area contributed by atoms with Gasteiger partial charge < -0.3 is 30.7 Å². The first-order valence-electron chi connectivity index (χ1n) is 11.0. The molecule has 9 nitrogen and oxygen atoms in total. The smallest absolute Gasteiger partial charge is 0.410 e. The number of hydrogen-bond donors (Lipinski definition) is 3. The number of aryl methyl sites for hydroxylation is 1. The van der Waals surface area contributed by atoms with E-state index in [-0.39, 0.29) is 30.8 Å². The van der Waals surface area contributed by atoms with Gasteiger partial charge in [-0.2, -0.15) is 0 Å². The predicted octanol–water partition coefficient (Wildman–Crippen LogP) is 1.68. The van der Waals surface area contributed by atoms with E-state index in [1.165, 1.54) is 17.0 Å². The fourth-order valence-electron chi connectivity index (χ4n) is 4.48. The summed E-state index contributed by atoms with van der Waals surface area (Å²) in [6.45, 7) is 3.05. The number of benzene rings is 1. The molecule has 3 rings (SSSR count). The number of rotatable bonds is 5. The number of carbonyl (C=O) groups is 3. The normalized spacial score (nSPS) is 21.8. The molecule has 0 radical (unpaired) electrons. The number of halogens is 1. The van der Waals surface area contributed by atoms with E-state index in [9.17, 15) is 18.8 Å². The molecular formula is C22H31FN4O5. The Balaban J connectivity index is 1.59. The monoisotopic (exact) mass is 450 g/mol. The number of urea groups is 1. The summed E-state index contributed by atoms with van der Waals surface area (Å²) in [5, 5.41) is 11.5. The molecule has 2 aliphatic rings. The maximum atomic E-state index is 13.5. The molecule has 2 heterocycles. The van der Waals surface area contributed by atoms with Gasteiger partial charge in [-0.15, -0.1) is 0 Å². The van der Waals surface area contributed by atoms with Crippen LogP contribution >= 0.6 is 0 Å². The second kappa shape index (κ2) is 10.6. The third kappa shape index (κ3) is 5.67. The summed E-state index contributed by atoms with van der Waals surface area (Å²) < 4.78 is 19.3. The van der Waals surface area contributed by atoms with Crippen LogP contribution in [0.4, 0.5) is 14.0 Å². The summed E-state index contributed by atoms with van der Waals surface area (Å²) in [7, 11) is 0. The van der Waals surface area contributed by atoms with Crippen molar-refractivity contribution in [1.29, 1.82) is 0 Å². The number of piperidine rings is 2. The van der Waals surface area contributed by atoms with Crippen molar-refractivity contribution in [2.75, 3.05) is 32.8 Å². The van der Waals surface area contributed by atoms with Crippen molar-refractivity contribution in [3.05, 3.63) is 35.1 Å². The van der Waals surface area contributed by atoms with Crippen molar-refractivity contribution in [2.24, 2.45) is 11.7 Å². The first-order valence-corrected chi connectivity index (χ1v) is 11.0. The van der Waals surface area contributed by atoms with Crippen LogP contribution in [-0.4, -0.2) is 71.8 Å². The van der Waals surface area contributed by atoms with E-state index in [0.717, 1.165) is 5.56 Å². The number of primary amides is 1. The number of amides is 4. The standard InChI is InChI=1S/C22H31FN4O5/c1-14-12-16(23)2-3-18(14)19-13-17(6-10-27(19)21(24)30)32-22(31)26-8-4-15(5-9-26)20(29)25-7-11-28/h2-3,12,15,17,19,28H,4-11,13H2,1H3,(H2,24,30)(H,25,29). The molecule has 1 aromatic rings. The van der Waals surface area contributed by atoms with Crippen LogP contribution in [0, 0.1) is 18.7 Å². The highest BCUT2D eigenvalue weighted by Gasteiger charge is 2.36. The topological polar surface area (TPSA) is 125 Å². The fraction of sp³-hybridized carbons (Fsp3) is 0.591. The molecule has 2 saturated heterocycles. The van der Waals surface area contributed by atoms with E-state index in [1.807, 2.05) is 0 Å². The minimum Gasteiger partial charge on any atom is -0.446 e. The Kier molecular flexibility index (Phi) is 7.89. The van der Waals surface area contributed by atoms with Gasteiger partial charge in [-0.3, -0.25) is 4.79 Å². The van der Waals surface area contributed by atoms with Crippen molar-refractivity contribution in [1.82, 2.24) is 15.1 Å². The highest BCUT2D eigenvalue weighted by molar-refractivity contribution is 5.79. The van der Waals surface area contributed by atoms with Crippen molar-refractivity contribution in [2.45, 2.75) is 44.8 Å². The Hall–Kier alpha value is -2.88. The van der Waals surface area contributed by atoms with Crippen LogP contribution in [0.1, 0.15) is 42.9 Å². The van der Waals surface area contributed by atoms with E-state index in [1.54, 1.807) is 17.9 Å². The van der Waals surface area contributed by atoms with Crippen LogP contribution in [0.15, 0.2) is 18.2 Å². The molecule has 2 atom stereocenters. The highest BCUT2D eigenvalue weighted by Crippen LogP contribution is 2.34. The van der Waals surface area contributed by atoms with Crippen LogP contribution in [0.2, 0.25) is 0 Å². The Morgan fingerprint density at radius 1 is 1.22 bits per heavy atom. The number of nitrogens with zero attached hydrogens (tertiary/aromatic N) is 2. The number of carbonyl (C=O) groups excluding carboxylic acids is 3. The molecule has 10 heteroatoms. The third-order valence-corrected chi connectivity index (χ3v) is 6.23. The van der Waals surface area contributed by atoms with E-state index in [2.05, 4.69) is 5.32 Å². The lowest BCUT2D eigenvalue weighted by Crippen LogP contribution is -2.48. The van der Waals surface area contributed by atoms with E-state index < -0.39 is 24.3 Å². The zero-order chi connectivity index (χ0) is 23.3. The van der Waals surface area contributed by atoms with Crippen LogP contribution in [0.5, 0.6) is 0 Å². The Labute approximate surface area is 186 Å². The number of aliphatic hydroxyl groups excluding tert-OH is 1. The largest absolute Gasteiger partial charge is 0.446 e. The molecule has 0 saturated carbocycles. The summed E-state index contributed by atoms with van der Waals surface area (Å²) in [5.74, 6) is -0.650. The van der Waals surface area contributed by atoms with Crippen LogP contribution in [-0.2, 0) is 9.53 Å². The number of likely N-dealkylation sites (tertiary alicyclic amines) is 2. The second-order valence-corrected chi connectivity index (χ2v) is 8.35. The van der Waals surface area contributed by atoms with Gasteiger partial charge in [0.2, 0.25) is 5.91 Å². The van der Waals surface area contributed by atoms with E-state index >= 15 is 0 Å². The quantitative estimate of drug-likeness (QED) is 0.629. The first kappa shape index (κ1) is 23.8. The number of ether oxygens (including phenoxy) is 1. The molecule has 0 aromatic heterocycles. The average Bonchev–Trinajstić information content (AvgIpc) is 2.77. The summed E-state index contributed by atoms with van der Waals surface area (Å²) in [6.07, 6.45) is 1.06. The Morgan fingerprint density at radius 2 is 1.94 bits per heavy atom. The van der Waals surface area contributed by atoms with Gasteiger partial charge in [0.25, 0.3) is 0 Å². The van der Waals surface area contributed by atoms with Gasteiger partial charge in [0.1, 0.15) is 11.9 Å². The summed E-state index contributed by atoms with van der Waals surface area (Å²) in [5.41, 5.74) is 7.04. The minimum absolute atomic E-state index is 0.107. The van der Waals surface area contributed by atoms with Crippen molar-refractivity contribution < 1.29 is 28.6 Å². The number of nitrogens with two attached hydrogens (primary N) is 1. The van der Waals surface area contributed by atoms with Crippen molar-refractivity contribution in [3.63, 3.8) is 0 Å². The van der Waals surface area contributed by atoms with Gasteiger partial charge in [-0.05, 0) is 43.0 Å². The van der Waals surface area contributed by atoms with Crippen molar-refractivity contribution >= 4 is 18.0 Å². The fourth-order valence-corrected chi connectivity index (χ4v) is 4.48. The molecule has 1 aromatic carbocycles. The molecule has 2 unspecified atom stereocenters. The molecule has 2 fully saturated rings. The SMILES string of the molecule is Cc1cc(F)ccc1C1CC(OC(=O)N2CCC(C(=O)NCCO)CC2)CCN1C(N)=O. The van der Waals surface area contributed by atoms with E-state index in [0.29, 0.717) is 50.9 Å². The van der Waals surface area contributed by atoms with Gasteiger partial charge in [0.15, 0.2) is 0 Å². The third-order valence-electron chi connectivity index (χ3n) is 6.23. The van der Waals surface area contributed by atoms with Gasteiger partial charge >= 0.3 is 12.1 Å². The summed E-state index contributed by atoms with van der Waals surface area (Å²) >= 11 is 0. The zero-order valence-electron chi connectivity index (χ0n) is 18.3. The molecule has 176 valence electrons. The van der Waals surface area contributed by atoms with Gasteiger partial charge in [-0.25, -0.2) is 14.0 Å². The average molecular weight is 451 g/mol. The lowest BCUT2D eigenvalue weighted by Gasteiger charge is -2.40. The van der Waals surface area contributed by atoms with Gasteiger partial charge in [-0.1, -0.05) is 6.07 Å². The number of hydrogen-bond acceptors (Lipinski definition) is 5. The van der Waals surface area contributed by atoms with Crippen LogP contribution in [0.25, 0.3) is 0 Å². The molecule has 4 amide bonds. The lowest BCUT2D eigenvalue weighted by atomic mass is 9.91. The summed E-state index contributed by atoms with van der Waals surface area (Å²) in [4.78, 5) is 39.8. The maximum absolute atomic E-state index is 13.5. The molecule has 0 spiro atoms. The molecule has 0 aliphatic carbocycles. The van der Waals surface area contributed by atoms with E-state index in [4.69, 9.17) is 15.6 Å². The molecular weight excluding hydrogens is 419 g/mol. The van der Waals surface area contributed by atoms with Gasteiger partial charge in [0, 0.05) is 44.9 Å². The van der Waals surface area contributed by atoms with Crippen LogP contribution < -0.4 is 11.1 Å². The Bertz CT molecular complexity index is 844. The zero-order valence-corrected chi connectivity index (χ0v) is 18.3.